The van der Waals surface area contributed by atoms with Gasteiger partial charge in [0.25, 0.3) is 0 Å². The molecule has 1 nitrogen and oxygen atoms in total. The van der Waals surface area contributed by atoms with E-state index in [0.29, 0.717) is 11.8 Å². The molecule has 0 aliphatic carbocycles. The lowest BCUT2D eigenvalue weighted by Crippen LogP contribution is -1.99. The minimum atomic E-state index is 0.540. The van der Waals surface area contributed by atoms with Gasteiger partial charge in [0, 0.05) is 12.4 Å². The van der Waals surface area contributed by atoms with Crippen LogP contribution in [0, 0.1) is 0 Å². The van der Waals surface area contributed by atoms with Crippen molar-refractivity contribution in [3.05, 3.63) is 65.5 Å². The molecule has 0 N–H and O–H groups in total. The van der Waals surface area contributed by atoms with Crippen LogP contribution in [0.25, 0.3) is 0 Å². The van der Waals surface area contributed by atoms with Gasteiger partial charge in [-0.1, -0.05) is 45.0 Å². The van der Waals surface area contributed by atoms with Crippen molar-refractivity contribution in [1.82, 2.24) is 4.98 Å². The summed E-state index contributed by atoms with van der Waals surface area (Å²) in [4.78, 5) is 4.07. The first-order chi connectivity index (χ1) is 8.66. The van der Waals surface area contributed by atoms with Crippen molar-refractivity contribution in [2.45, 2.75) is 39.0 Å². The molecule has 1 heteroatoms. The molecule has 0 spiro atoms. The molecule has 0 fully saturated rings. The number of hydrogen-bond donors (Lipinski definition) is 0. The fourth-order valence-electron chi connectivity index (χ4n) is 2.20. The van der Waals surface area contributed by atoms with Crippen molar-refractivity contribution in [3.63, 3.8) is 0 Å². The lowest BCUT2D eigenvalue weighted by molar-refractivity contribution is 0.756. The van der Waals surface area contributed by atoms with Gasteiger partial charge in [-0.3, -0.25) is 4.98 Å². The Morgan fingerprint density at radius 3 is 2.00 bits per heavy atom. The Morgan fingerprint density at radius 2 is 1.44 bits per heavy atom. The highest BCUT2D eigenvalue weighted by atomic mass is 14.6. The monoisotopic (exact) mass is 239 g/mol. The van der Waals surface area contributed by atoms with E-state index in [0.717, 1.165) is 6.42 Å². The first-order valence-electron chi connectivity index (χ1n) is 6.65. The molecule has 1 aromatic carbocycles. The molecule has 0 saturated carbocycles. The molecule has 0 bridgehead atoms. The summed E-state index contributed by atoms with van der Waals surface area (Å²) in [5.41, 5.74) is 4.18. The number of pyridine rings is 1. The number of rotatable bonds is 4. The van der Waals surface area contributed by atoms with E-state index >= 15 is 0 Å². The molecule has 0 saturated heterocycles. The molecule has 1 atom stereocenters. The number of aromatic nitrogens is 1. The Hall–Kier alpha value is -1.63. The van der Waals surface area contributed by atoms with Crippen molar-refractivity contribution >= 4 is 0 Å². The molecule has 2 rings (SSSR count). The van der Waals surface area contributed by atoms with Crippen molar-refractivity contribution in [2.24, 2.45) is 0 Å². The van der Waals surface area contributed by atoms with Crippen LogP contribution in [0.4, 0.5) is 0 Å². The molecular weight excluding hydrogens is 218 g/mol. The highest BCUT2D eigenvalue weighted by Crippen LogP contribution is 2.21. The van der Waals surface area contributed by atoms with Crippen LogP contribution < -0.4 is 0 Å². The predicted octanol–water partition coefficient (Wildman–Crippen LogP) is 4.55. The largest absolute Gasteiger partial charge is 0.265 e. The van der Waals surface area contributed by atoms with Gasteiger partial charge in [-0.25, -0.2) is 0 Å². The Morgan fingerprint density at radius 1 is 0.833 bits per heavy atom. The molecule has 94 valence electrons. The van der Waals surface area contributed by atoms with Crippen LogP contribution in [0.1, 0.15) is 49.3 Å². The van der Waals surface area contributed by atoms with Crippen molar-refractivity contribution in [2.75, 3.05) is 0 Å². The van der Waals surface area contributed by atoms with E-state index in [9.17, 15) is 0 Å². The van der Waals surface area contributed by atoms with Crippen LogP contribution in [-0.2, 0) is 6.42 Å². The van der Waals surface area contributed by atoms with Crippen LogP contribution in [0.2, 0.25) is 0 Å². The summed E-state index contributed by atoms with van der Waals surface area (Å²) in [6, 6.07) is 13.2. The van der Waals surface area contributed by atoms with Gasteiger partial charge in [0.15, 0.2) is 0 Å². The van der Waals surface area contributed by atoms with E-state index in [2.05, 4.69) is 62.2 Å². The average molecular weight is 239 g/mol. The second kappa shape index (κ2) is 5.81. The fourth-order valence-corrected chi connectivity index (χ4v) is 2.20. The maximum atomic E-state index is 4.07. The third-order valence-electron chi connectivity index (χ3n) is 3.46. The molecule has 0 radical (unpaired) electrons. The van der Waals surface area contributed by atoms with Gasteiger partial charge in [-0.15, -0.1) is 0 Å². The number of nitrogens with zero attached hydrogens (tertiary/aromatic N) is 1. The zero-order valence-corrected chi connectivity index (χ0v) is 11.4. The average Bonchev–Trinajstić information content (AvgIpc) is 2.40. The lowest BCUT2D eigenvalue weighted by Gasteiger charge is -2.12. The lowest BCUT2D eigenvalue weighted by atomic mass is 9.93. The molecule has 0 aliphatic rings. The molecule has 0 amide bonds. The predicted molar refractivity (Wildman–Crippen MR) is 76.9 cm³/mol. The maximum Gasteiger partial charge on any atom is 0.0270 e. The summed E-state index contributed by atoms with van der Waals surface area (Å²) in [6.07, 6.45) is 4.82. The van der Waals surface area contributed by atoms with Gasteiger partial charge in [0.1, 0.15) is 0 Å². The van der Waals surface area contributed by atoms with E-state index in [4.69, 9.17) is 0 Å². The van der Waals surface area contributed by atoms with Gasteiger partial charge in [0.2, 0.25) is 0 Å². The zero-order valence-electron chi connectivity index (χ0n) is 11.4. The highest BCUT2D eigenvalue weighted by Gasteiger charge is 2.06. The van der Waals surface area contributed by atoms with Crippen LogP contribution in [0.3, 0.4) is 0 Å². The maximum absolute atomic E-state index is 4.07. The summed E-state index contributed by atoms with van der Waals surface area (Å²) in [5, 5.41) is 0. The van der Waals surface area contributed by atoms with Crippen molar-refractivity contribution in [1.29, 1.82) is 0 Å². The minimum Gasteiger partial charge on any atom is -0.265 e. The van der Waals surface area contributed by atoms with E-state index in [1.54, 1.807) is 0 Å². The summed E-state index contributed by atoms with van der Waals surface area (Å²) >= 11 is 0. The zero-order chi connectivity index (χ0) is 13.0. The van der Waals surface area contributed by atoms with Crippen LogP contribution in [-0.4, -0.2) is 4.98 Å². The van der Waals surface area contributed by atoms with Crippen LogP contribution >= 0.6 is 0 Å². The van der Waals surface area contributed by atoms with Crippen molar-refractivity contribution in [3.8, 4) is 0 Å². The van der Waals surface area contributed by atoms with Crippen LogP contribution in [0.5, 0.6) is 0 Å². The molecule has 0 aliphatic heterocycles. The molecule has 1 unspecified atom stereocenters. The summed E-state index contributed by atoms with van der Waals surface area (Å²) in [6.45, 7) is 6.73. The molecule has 2 aromatic rings. The van der Waals surface area contributed by atoms with Crippen molar-refractivity contribution < 1.29 is 0 Å². The standard InChI is InChI=1S/C17H21N/c1-13(2)16-6-4-15(5-7-16)12-14(3)17-8-10-18-11-9-17/h4-11,13-14H,12H2,1-3H3. The smallest absolute Gasteiger partial charge is 0.0270 e. The van der Waals surface area contributed by atoms with Crippen LogP contribution in [0.15, 0.2) is 48.8 Å². The topological polar surface area (TPSA) is 12.9 Å². The second-order valence-corrected chi connectivity index (χ2v) is 5.28. The summed E-state index contributed by atoms with van der Waals surface area (Å²) in [7, 11) is 0. The Bertz CT molecular complexity index is 471. The second-order valence-electron chi connectivity index (χ2n) is 5.28. The normalized spacial score (nSPS) is 12.7. The molecular formula is C17H21N. The summed E-state index contributed by atoms with van der Waals surface area (Å²) < 4.78 is 0. The number of benzene rings is 1. The fraction of sp³-hybridized carbons (Fsp3) is 0.353. The van der Waals surface area contributed by atoms with Gasteiger partial charge >= 0.3 is 0 Å². The number of hydrogen-bond acceptors (Lipinski definition) is 1. The quantitative estimate of drug-likeness (QED) is 0.762. The third-order valence-corrected chi connectivity index (χ3v) is 3.46. The Labute approximate surface area is 110 Å². The van der Waals surface area contributed by atoms with E-state index in [1.807, 2.05) is 12.4 Å². The summed E-state index contributed by atoms with van der Waals surface area (Å²) in [5.74, 6) is 1.15. The SMILES string of the molecule is CC(C)c1ccc(CC(C)c2ccncc2)cc1. The highest BCUT2D eigenvalue weighted by molar-refractivity contribution is 5.27. The first-order valence-corrected chi connectivity index (χ1v) is 6.65. The molecule has 1 heterocycles. The first kappa shape index (κ1) is 12.8. The van der Waals surface area contributed by atoms with E-state index < -0.39 is 0 Å². The molecule has 1 aromatic heterocycles. The third kappa shape index (κ3) is 3.19. The van der Waals surface area contributed by atoms with E-state index in [1.165, 1.54) is 16.7 Å². The van der Waals surface area contributed by atoms with Gasteiger partial charge < -0.3 is 0 Å². The Kier molecular flexibility index (Phi) is 4.14. The minimum absolute atomic E-state index is 0.540. The van der Waals surface area contributed by atoms with Gasteiger partial charge in [-0.05, 0) is 47.1 Å². The molecule has 18 heavy (non-hydrogen) atoms. The Balaban J connectivity index is 2.05. The van der Waals surface area contributed by atoms with Gasteiger partial charge in [0.05, 0.1) is 0 Å². The van der Waals surface area contributed by atoms with E-state index in [-0.39, 0.29) is 0 Å². The van der Waals surface area contributed by atoms with Gasteiger partial charge in [-0.2, -0.15) is 0 Å².